The molecule has 2 aromatic carbocycles. The molecule has 6 heteroatoms. The molecule has 0 radical (unpaired) electrons. The van der Waals surface area contributed by atoms with Gasteiger partial charge in [0.15, 0.2) is 0 Å². The van der Waals surface area contributed by atoms with Gasteiger partial charge in [0.1, 0.15) is 0 Å². The van der Waals surface area contributed by atoms with E-state index in [9.17, 15) is 14.4 Å². The van der Waals surface area contributed by atoms with Crippen molar-refractivity contribution in [2.24, 2.45) is 0 Å². The first-order valence-electron chi connectivity index (χ1n) is 8.52. The smallest absolute Gasteiger partial charge is 0.335 e. The van der Waals surface area contributed by atoms with E-state index >= 15 is 0 Å². The summed E-state index contributed by atoms with van der Waals surface area (Å²) in [7, 11) is 0. The molecule has 0 aromatic heterocycles. The maximum absolute atomic E-state index is 12.3. The van der Waals surface area contributed by atoms with Crippen molar-refractivity contribution in [2.45, 2.75) is 19.3 Å². The van der Waals surface area contributed by atoms with E-state index in [1.807, 2.05) is 24.3 Å². The largest absolute Gasteiger partial charge is 0.478 e. The second kappa shape index (κ2) is 7.82. The molecule has 0 saturated heterocycles. The maximum Gasteiger partial charge on any atom is 0.335 e. The number of benzene rings is 2. The third-order valence-electron chi connectivity index (χ3n) is 4.47. The number of amides is 2. The van der Waals surface area contributed by atoms with E-state index in [2.05, 4.69) is 5.32 Å². The Bertz CT molecular complexity index is 830. The summed E-state index contributed by atoms with van der Waals surface area (Å²) < 4.78 is 0. The lowest BCUT2D eigenvalue weighted by Gasteiger charge is -2.17. The van der Waals surface area contributed by atoms with Crippen LogP contribution in [0, 0.1) is 0 Å². The van der Waals surface area contributed by atoms with Crippen LogP contribution in [0.2, 0.25) is 0 Å². The average Bonchev–Trinajstić information content (AvgIpc) is 3.09. The predicted molar refractivity (Wildman–Crippen MR) is 97.2 cm³/mol. The number of hydrogen-bond acceptors (Lipinski definition) is 3. The molecule has 1 heterocycles. The molecule has 0 unspecified atom stereocenters. The SMILES string of the molecule is O=C(CCc1ccc(C(=O)O)cc1)NCC(=O)N1CCc2ccccc21. The first-order valence-corrected chi connectivity index (χ1v) is 8.52. The second-order valence-corrected chi connectivity index (χ2v) is 6.20. The highest BCUT2D eigenvalue weighted by atomic mass is 16.4. The average molecular weight is 352 g/mol. The number of rotatable bonds is 6. The topological polar surface area (TPSA) is 86.7 Å². The second-order valence-electron chi connectivity index (χ2n) is 6.20. The summed E-state index contributed by atoms with van der Waals surface area (Å²) in [5, 5.41) is 11.5. The number of carboxylic acids is 1. The Labute approximate surface area is 151 Å². The summed E-state index contributed by atoms with van der Waals surface area (Å²) >= 11 is 0. The number of carbonyl (C=O) groups is 3. The zero-order valence-corrected chi connectivity index (χ0v) is 14.3. The fraction of sp³-hybridized carbons (Fsp3) is 0.250. The van der Waals surface area contributed by atoms with Gasteiger partial charge in [-0.2, -0.15) is 0 Å². The molecule has 2 N–H and O–H groups in total. The van der Waals surface area contributed by atoms with Gasteiger partial charge < -0.3 is 15.3 Å². The van der Waals surface area contributed by atoms with E-state index in [0.717, 1.165) is 23.2 Å². The molecular weight excluding hydrogens is 332 g/mol. The number of para-hydroxylation sites is 1. The van der Waals surface area contributed by atoms with Gasteiger partial charge in [0.2, 0.25) is 11.8 Å². The van der Waals surface area contributed by atoms with Crippen molar-refractivity contribution in [2.75, 3.05) is 18.0 Å². The van der Waals surface area contributed by atoms with Crippen LogP contribution in [-0.2, 0) is 22.4 Å². The summed E-state index contributed by atoms with van der Waals surface area (Å²) in [5.41, 5.74) is 3.17. The fourth-order valence-electron chi connectivity index (χ4n) is 3.03. The molecule has 26 heavy (non-hydrogen) atoms. The highest BCUT2D eigenvalue weighted by Crippen LogP contribution is 2.27. The standard InChI is InChI=1S/C20H20N2O4/c23-18(10-7-14-5-8-16(9-6-14)20(25)26)21-13-19(24)22-12-11-15-3-1-2-4-17(15)22/h1-6,8-9H,7,10-13H2,(H,21,23)(H,25,26). The molecule has 0 aliphatic carbocycles. The minimum Gasteiger partial charge on any atom is -0.478 e. The van der Waals surface area contributed by atoms with Gasteiger partial charge in [-0.25, -0.2) is 4.79 Å². The zero-order valence-electron chi connectivity index (χ0n) is 14.3. The van der Waals surface area contributed by atoms with Crippen LogP contribution in [0.3, 0.4) is 0 Å². The normalized spacial score (nSPS) is 12.5. The third-order valence-corrected chi connectivity index (χ3v) is 4.47. The first kappa shape index (κ1) is 17.7. The van der Waals surface area contributed by atoms with Crippen LogP contribution in [0.5, 0.6) is 0 Å². The van der Waals surface area contributed by atoms with Crippen LogP contribution >= 0.6 is 0 Å². The Balaban J connectivity index is 1.45. The number of aromatic carboxylic acids is 1. The van der Waals surface area contributed by atoms with Crippen molar-refractivity contribution in [1.29, 1.82) is 0 Å². The molecule has 1 aliphatic heterocycles. The summed E-state index contributed by atoms with van der Waals surface area (Å²) in [6.45, 7) is 0.620. The highest BCUT2D eigenvalue weighted by molar-refractivity contribution is 5.98. The van der Waals surface area contributed by atoms with E-state index in [1.165, 1.54) is 12.1 Å². The molecular formula is C20H20N2O4. The van der Waals surface area contributed by atoms with Crippen molar-refractivity contribution in [3.63, 3.8) is 0 Å². The first-order chi connectivity index (χ1) is 12.5. The van der Waals surface area contributed by atoms with Crippen LogP contribution in [0.25, 0.3) is 0 Å². The van der Waals surface area contributed by atoms with Crippen LogP contribution < -0.4 is 10.2 Å². The van der Waals surface area contributed by atoms with Crippen molar-refractivity contribution >= 4 is 23.5 Å². The zero-order chi connectivity index (χ0) is 18.5. The number of carbonyl (C=O) groups excluding carboxylic acids is 2. The van der Waals surface area contributed by atoms with E-state index in [1.54, 1.807) is 17.0 Å². The van der Waals surface area contributed by atoms with E-state index in [-0.39, 0.29) is 30.3 Å². The van der Waals surface area contributed by atoms with Crippen molar-refractivity contribution in [3.8, 4) is 0 Å². The Morgan fingerprint density at radius 1 is 1.04 bits per heavy atom. The van der Waals surface area contributed by atoms with Gasteiger partial charge in [0, 0.05) is 18.7 Å². The number of fused-ring (bicyclic) bond motifs is 1. The Kier molecular flexibility index (Phi) is 5.31. The van der Waals surface area contributed by atoms with Crippen molar-refractivity contribution in [3.05, 3.63) is 65.2 Å². The molecule has 6 nitrogen and oxygen atoms in total. The van der Waals surface area contributed by atoms with Crippen LogP contribution in [0.15, 0.2) is 48.5 Å². The Morgan fingerprint density at radius 2 is 1.77 bits per heavy atom. The van der Waals surface area contributed by atoms with Gasteiger partial charge in [-0.05, 0) is 42.2 Å². The summed E-state index contributed by atoms with van der Waals surface area (Å²) in [6, 6.07) is 14.2. The maximum atomic E-state index is 12.3. The molecule has 0 spiro atoms. The molecule has 0 saturated carbocycles. The van der Waals surface area contributed by atoms with Gasteiger partial charge in [-0.1, -0.05) is 30.3 Å². The van der Waals surface area contributed by atoms with Gasteiger partial charge in [-0.15, -0.1) is 0 Å². The van der Waals surface area contributed by atoms with Crippen LogP contribution in [0.1, 0.15) is 27.9 Å². The summed E-state index contributed by atoms with van der Waals surface area (Å²) in [6.07, 6.45) is 1.57. The molecule has 1 aliphatic rings. The predicted octanol–water partition coefficient (Wildman–Crippen LogP) is 2.02. The lowest BCUT2D eigenvalue weighted by Crippen LogP contribution is -2.39. The van der Waals surface area contributed by atoms with Gasteiger partial charge in [0.05, 0.1) is 12.1 Å². The van der Waals surface area contributed by atoms with Crippen molar-refractivity contribution < 1.29 is 19.5 Å². The highest BCUT2D eigenvalue weighted by Gasteiger charge is 2.23. The lowest BCUT2D eigenvalue weighted by atomic mass is 10.1. The number of carboxylic acid groups (broad SMARTS) is 1. The van der Waals surface area contributed by atoms with E-state index < -0.39 is 5.97 Å². The molecule has 2 amide bonds. The number of anilines is 1. The number of nitrogens with zero attached hydrogens (tertiary/aromatic N) is 1. The van der Waals surface area contributed by atoms with E-state index in [0.29, 0.717) is 13.0 Å². The van der Waals surface area contributed by atoms with Crippen LogP contribution in [-0.4, -0.2) is 36.0 Å². The lowest BCUT2D eigenvalue weighted by molar-refractivity contribution is -0.124. The molecule has 2 aromatic rings. The fourth-order valence-corrected chi connectivity index (χ4v) is 3.03. The quantitative estimate of drug-likeness (QED) is 0.833. The summed E-state index contributed by atoms with van der Waals surface area (Å²) in [4.78, 5) is 36.8. The van der Waals surface area contributed by atoms with Gasteiger partial charge >= 0.3 is 5.97 Å². The molecule has 0 bridgehead atoms. The Morgan fingerprint density at radius 3 is 2.50 bits per heavy atom. The summed E-state index contributed by atoms with van der Waals surface area (Å²) in [5.74, 6) is -1.29. The molecule has 0 atom stereocenters. The molecule has 134 valence electrons. The van der Waals surface area contributed by atoms with Gasteiger partial charge in [-0.3, -0.25) is 9.59 Å². The minimum absolute atomic E-state index is 0.0227. The third kappa shape index (κ3) is 4.08. The van der Waals surface area contributed by atoms with Crippen molar-refractivity contribution in [1.82, 2.24) is 5.32 Å². The van der Waals surface area contributed by atoms with Gasteiger partial charge in [0.25, 0.3) is 0 Å². The molecule has 3 rings (SSSR count). The monoisotopic (exact) mass is 352 g/mol. The molecule has 0 fully saturated rings. The minimum atomic E-state index is -0.976. The number of aryl methyl sites for hydroxylation is 1. The Hall–Kier alpha value is -3.15. The van der Waals surface area contributed by atoms with E-state index in [4.69, 9.17) is 5.11 Å². The van der Waals surface area contributed by atoms with Crippen LogP contribution in [0.4, 0.5) is 5.69 Å². The number of nitrogens with one attached hydrogen (secondary N) is 1. The number of hydrogen-bond donors (Lipinski definition) is 2.